The van der Waals surface area contributed by atoms with Crippen molar-refractivity contribution in [2.75, 3.05) is 20.6 Å². The molecule has 0 atom stereocenters. The molecule has 7 heteroatoms. The highest BCUT2D eigenvalue weighted by Crippen LogP contribution is 2.20. The monoisotopic (exact) mass is 317 g/mol. The first kappa shape index (κ1) is 18.2. The third kappa shape index (κ3) is 5.80. The summed E-state index contributed by atoms with van der Waals surface area (Å²) in [5, 5.41) is 24.8. The van der Waals surface area contributed by atoms with Gasteiger partial charge in [0.1, 0.15) is 0 Å². The Bertz CT molecular complexity index is 716. The molecule has 7 nitrogen and oxygen atoms in total. The minimum atomic E-state index is -1.82. The smallest absolute Gasteiger partial charge is 0.414 e. The Labute approximate surface area is 133 Å². The average Bonchev–Trinajstić information content (AvgIpc) is 2.88. The molecule has 0 spiro atoms. The number of benzene rings is 1. The van der Waals surface area contributed by atoms with Crippen LogP contribution in [0.1, 0.15) is 11.1 Å². The third-order valence-electron chi connectivity index (χ3n) is 3.13. The van der Waals surface area contributed by atoms with Gasteiger partial charge in [-0.15, -0.1) is 0 Å². The third-order valence-corrected chi connectivity index (χ3v) is 3.13. The number of hydrogen-bond acceptors (Lipinski definition) is 4. The Balaban J connectivity index is 0.000000379. The second-order valence-corrected chi connectivity index (χ2v) is 5.19. The molecule has 0 saturated heterocycles. The fourth-order valence-electron chi connectivity index (χ4n) is 1.98. The van der Waals surface area contributed by atoms with Gasteiger partial charge in [-0.25, -0.2) is 9.59 Å². The summed E-state index contributed by atoms with van der Waals surface area (Å²) in [6.07, 6.45) is 3.58. The lowest BCUT2D eigenvalue weighted by atomic mass is 10.1. The Hall–Kier alpha value is -2.85. The lowest BCUT2D eigenvalue weighted by molar-refractivity contribution is -0.159. The van der Waals surface area contributed by atoms with Gasteiger partial charge < -0.3 is 20.1 Å². The van der Waals surface area contributed by atoms with E-state index in [1.807, 2.05) is 6.07 Å². The van der Waals surface area contributed by atoms with E-state index in [-0.39, 0.29) is 0 Å². The topological polar surface area (TPSA) is 117 Å². The number of aromatic amines is 1. The molecule has 122 valence electrons. The van der Waals surface area contributed by atoms with E-state index >= 15 is 0 Å². The fraction of sp³-hybridized carbons (Fsp3) is 0.312. The van der Waals surface area contributed by atoms with Gasteiger partial charge in [0.15, 0.2) is 0 Å². The van der Waals surface area contributed by atoms with Crippen LogP contribution in [0.3, 0.4) is 0 Å². The molecule has 0 amide bonds. The highest BCUT2D eigenvalue weighted by molar-refractivity contribution is 6.27. The van der Waals surface area contributed by atoms with E-state index in [0.29, 0.717) is 6.42 Å². The van der Waals surface area contributed by atoms with Crippen molar-refractivity contribution >= 4 is 22.8 Å². The molecule has 1 heterocycles. The maximum absolute atomic E-state index is 9.10. The van der Waals surface area contributed by atoms with E-state index in [9.17, 15) is 0 Å². The number of aromatic nitrogens is 1. The summed E-state index contributed by atoms with van der Waals surface area (Å²) in [5.74, 6) is -3.65. The number of carboxylic acids is 2. The standard InChI is InChI=1S/C14H17N3.C2H2O4/c1-17(2)8-6-12-10-16-14-4-3-11(5-7-15)9-13(12)14;3-1(4)2(5)6/h3-4,9-10,16H,5-6,8H2,1-2H3;(H,3,4)(H,5,6). The van der Waals surface area contributed by atoms with Crippen LogP contribution in [-0.4, -0.2) is 52.7 Å². The number of H-pyrrole nitrogens is 1. The number of nitriles is 1. The molecule has 2 rings (SSSR count). The minimum Gasteiger partial charge on any atom is -0.473 e. The summed E-state index contributed by atoms with van der Waals surface area (Å²) in [6, 6.07) is 8.39. The van der Waals surface area contributed by atoms with Gasteiger partial charge in [-0.1, -0.05) is 6.07 Å². The van der Waals surface area contributed by atoms with Gasteiger partial charge in [0.05, 0.1) is 12.5 Å². The summed E-state index contributed by atoms with van der Waals surface area (Å²) in [6.45, 7) is 1.04. The van der Waals surface area contributed by atoms with Crippen LogP contribution in [0.2, 0.25) is 0 Å². The zero-order chi connectivity index (χ0) is 17.4. The highest BCUT2D eigenvalue weighted by Gasteiger charge is 2.05. The van der Waals surface area contributed by atoms with Gasteiger partial charge in [-0.2, -0.15) is 5.26 Å². The van der Waals surface area contributed by atoms with E-state index in [1.165, 1.54) is 10.9 Å². The van der Waals surface area contributed by atoms with Crippen molar-refractivity contribution in [2.24, 2.45) is 0 Å². The lowest BCUT2D eigenvalue weighted by Crippen LogP contribution is -2.14. The van der Waals surface area contributed by atoms with Crippen LogP contribution in [0.5, 0.6) is 0 Å². The van der Waals surface area contributed by atoms with Crippen molar-refractivity contribution in [3.8, 4) is 6.07 Å². The summed E-state index contributed by atoms with van der Waals surface area (Å²) in [7, 11) is 4.16. The molecule has 0 aliphatic heterocycles. The number of rotatable bonds is 4. The summed E-state index contributed by atoms with van der Waals surface area (Å²) < 4.78 is 0. The first-order chi connectivity index (χ1) is 10.8. The molecule has 2 aromatic rings. The van der Waals surface area contributed by atoms with Crippen molar-refractivity contribution in [1.29, 1.82) is 5.26 Å². The number of nitrogens with zero attached hydrogens (tertiary/aromatic N) is 2. The number of hydrogen-bond donors (Lipinski definition) is 3. The van der Waals surface area contributed by atoms with Gasteiger partial charge in [0.25, 0.3) is 0 Å². The maximum Gasteiger partial charge on any atom is 0.414 e. The van der Waals surface area contributed by atoms with Crippen LogP contribution in [-0.2, 0) is 22.4 Å². The number of fused-ring (bicyclic) bond motifs is 1. The number of aliphatic carboxylic acids is 2. The second-order valence-electron chi connectivity index (χ2n) is 5.19. The molecule has 3 N–H and O–H groups in total. The fourth-order valence-corrected chi connectivity index (χ4v) is 1.98. The predicted molar refractivity (Wildman–Crippen MR) is 85.1 cm³/mol. The molecule has 1 aromatic heterocycles. The highest BCUT2D eigenvalue weighted by atomic mass is 16.4. The van der Waals surface area contributed by atoms with Crippen LogP contribution >= 0.6 is 0 Å². The van der Waals surface area contributed by atoms with E-state index in [4.69, 9.17) is 25.1 Å². The van der Waals surface area contributed by atoms with Crippen molar-refractivity contribution in [3.05, 3.63) is 35.5 Å². The van der Waals surface area contributed by atoms with E-state index < -0.39 is 11.9 Å². The molecule has 23 heavy (non-hydrogen) atoms. The maximum atomic E-state index is 9.10. The van der Waals surface area contributed by atoms with Crippen molar-refractivity contribution in [3.63, 3.8) is 0 Å². The molecule has 1 aromatic carbocycles. The Morgan fingerprint density at radius 1 is 1.26 bits per heavy atom. The van der Waals surface area contributed by atoms with Crippen molar-refractivity contribution in [1.82, 2.24) is 9.88 Å². The molecular weight excluding hydrogens is 298 g/mol. The first-order valence-corrected chi connectivity index (χ1v) is 6.92. The lowest BCUT2D eigenvalue weighted by Gasteiger charge is -2.08. The van der Waals surface area contributed by atoms with Gasteiger partial charge in [0.2, 0.25) is 0 Å². The molecule has 0 bridgehead atoms. The van der Waals surface area contributed by atoms with Gasteiger partial charge >= 0.3 is 11.9 Å². The number of likely N-dealkylation sites (N-methyl/N-ethyl adjacent to an activating group) is 1. The molecular formula is C16H19N3O4. The van der Waals surface area contributed by atoms with E-state index in [0.717, 1.165) is 24.0 Å². The SMILES string of the molecule is CN(C)CCc1c[nH]c2ccc(CC#N)cc12.O=C(O)C(=O)O. The second kappa shape index (κ2) is 8.56. The number of carbonyl (C=O) groups is 2. The zero-order valence-electron chi connectivity index (χ0n) is 13.0. The average molecular weight is 317 g/mol. The van der Waals surface area contributed by atoms with Crippen LogP contribution < -0.4 is 0 Å². The van der Waals surface area contributed by atoms with Gasteiger partial charge in [0, 0.05) is 23.6 Å². The van der Waals surface area contributed by atoms with Gasteiger partial charge in [-0.3, -0.25) is 0 Å². The molecule has 0 radical (unpaired) electrons. The quantitative estimate of drug-likeness (QED) is 0.735. The summed E-state index contributed by atoms with van der Waals surface area (Å²) in [4.78, 5) is 23.7. The minimum absolute atomic E-state index is 0.480. The zero-order valence-corrected chi connectivity index (χ0v) is 13.0. The molecule has 0 unspecified atom stereocenters. The first-order valence-electron chi connectivity index (χ1n) is 6.92. The predicted octanol–water partition coefficient (Wildman–Crippen LogP) is 1.49. The molecule has 0 aliphatic rings. The molecule has 0 fully saturated rings. The van der Waals surface area contributed by atoms with Crippen LogP contribution in [0.25, 0.3) is 10.9 Å². The summed E-state index contributed by atoms with van der Waals surface area (Å²) >= 11 is 0. The molecule has 0 aliphatic carbocycles. The summed E-state index contributed by atoms with van der Waals surface area (Å²) in [5.41, 5.74) is 3.57. The molecule has 0 saturated carbocycles. The number of carboxylic acid groups (broad SMARTS) is 2. The van der Waals surface area contributed by atoms with E-state index in [2.05, 4.69) is 48.4 Å². The Morgan fingerprint density at radius 2 is 1.91 bits per heavy atom. The Kier molecular flexibility index (Phi) is 6.77. The van der Waals surface area contributed by atoms with Crippen LogP contribution in [0.4, 0.5) is 0 Å². The van der Waals surface area contributed by atoms with Crippen LogP contribution in [0, 0.1) is 11.3 Å². The van der Waals surface area contributed by atoms with Crippen molar-refractivity contribution < 1.29 is 19.8 Å². The van der Waals surface area contributed by atoms with Crippen LogP contribution in [0.15, 0.2) is 24.4 Å². The normalized spacial score (nSPS) is 10.0. The number of nitrogens with one attached hydrogen (secondary N) is 1. The Morgan fingerprint density at radius 3 is 2.43 bits per heavy atom. The largest absolute Gasteiger partial charge is 0.473 e. The van der Waals surface area contributed by atoms with E-state index in [1.54, 1.807) is 0 Å². The van der Waals surface area contributed by atoms with Crippen molar-refractivity contribution in [2.45, 2.75) is 12.8 Å². The van der Waals surface area contributed by atoms with Gasteiger partial charge in [-0.05, 0) is 43.8 Å².